The summed E-state index contributed by atoms with van der Waals surface area (Å²) in [6, 6.07) is 0. The van der Waals surface area contributed by atoms with Gasteiger partial charge in [-0.2, -0.15) is 0 Å². The van der Waals surface area contributed by atoms with Crippen molar-refractivity contribution in [2.75, 3.05) is 6.54 Å². The number of H-pyrrole nitrogens is 1. The predicted molar refractivity (Wildman–Crippen MR) is 82.3 cm³/mol. The number of nitrogens with zero attached hydrogens (tertiary/aromatic N) is 4. The number of hydrogen-bond donors (Lipinski definition) is 1. The molecule has 3 heterocycles. The number of hydrogen-bond acceptors (Lipinski definition) is 5. The maximum Gasteiger partial charge on any atom is 0.254 e. The number of rotatable bonds is 2. The summed E-state index contributed by atoms with van der Waals surface area (Å²) in [6.45, 7) is 3.08. The molecule has 4 rings (SSSR count). The van der Waals surface area contributed by atoms with Crippen LogP contribution in [0.4, 0.5) is 0 Å². The van der Waals surface area contributed by atoms with Gasteiger partial charge in [-0.3, -0.25) is 14.6 Å². The van der Waals surface area contributed by atoms with Crippen molar-refractivity contribution in [1.29, 1.82) is 0 Å². The van der Waals surface area contributed by atoms with Gasteiger partial charge < -0.3 is 9.88 Å². The van der Waals surface area contributed by atoms with Gasteiger partial charge in [0, 0.05) is 30.4 Å². The molecule has 0 saturated heterocycles. The zero-order valence-electron chi connectivity index (χ0n) is 12.8. The largest absolute Gasteiger partial charge is 0.336 e. The number of nitrogens with one attached hydrogen (secondary N) is 1. The lowest BCUT2D eigenvalue weighted by molar-refractivity contribution is -0.133. The van der Waals surface area contributed by atoms with Crippen LogP contribution in [0.2, 0.25) is 0 Å². The van der Waals surface area contributed by atoms with Crippen LogP contribution in [0, 0.1) is 11.8 Å². The molecule has 1 amide bonds. The van der Waals surface area contributed by atoms with Crippen LogP contribution in [0.15, 0.2) is 23.4 Å². The number of carbonyl (C=O) groups is 1. The van der Waals surface area contributed by atoms with E-state index in [2.05, 4.69) is 26.9 Å². The fourth-order valence-corrected chi connectivity index (χ4v) is 3.07. The van der Waals surface area contributed by atoms with E-state index in [1.807, 2.05) is 4.90 Å². The van der Waals surface area contributed by atoms with Crippen molar-refractivity contribution >= 4 is 5.91 Å². The molecule has 1 aliphatic heterocycles. The van der Waals surface area contributed by atoms with E-state index in [4.69, 9.17) is 0 Å². The first kappa shape index (κ1) is 14.0. The highest BCUT2D eigenvalue weighted by Crippen LogP contribution is 2.39. The highest BCUT2D eigenvalue weighted by Gasteiger charge is 2.42. The lowest BCUT2D eigenvalue weighted by Gasteiger charge is -2.28. The van der Waals surface area contributed by atoms with Crippen molar-refractivity contribution in [2.24, 2.45) is 11.8 Å². The SMILES string of the molecule is CC1CC1C(=O)N1CCc2c(nc(-c3cnccn3)[nH]c2=O)C1. The summed E-state index contributed by atoms with van der Waals surface area (Å²) in [6.07, 6.45) is 6.19. The lowest BCUT2D eigenvalue weighted by Crippen LogP contribution is -2.40. The van der Waals surface area contributed by atoms with E-state index in [9.17, 15) is 9.59 Å². The van der Waals surface area contributed by atoms with Crippen molar-refractivity contribution in [1.82, 2.24) is 24.8 Å². The van der Waals surface area contributed by atoms with Gasteiger partial charge in [0.05, 0.1) is 18.4 Å². The Morgan fingerprint density at radius 3 is 2.91 bits per heavy atom. The first-order valence-electron chi connectivity index (χ1n) is 7.80. The molecular weight excluding hydrogens is 294 g/mol. The van der Waals surface area contributed by atoms with E-state index < -0.39 is 0 Å². The van der Waals surface area contributed by atoms with Crippen LogP contribution in [0.1, 0.15) is 24.6 Å². The topological polar surface area (TPSA) is 91.8 Å². The van der Waals surface area contributed by atoms with Crippen LogP contribution in [0.5, 0.6) is 0 Å². The van der Waals surface area contributed by atoms with Crippen LogP contribution >= 0.6 is 0 Å². The quantitative estimate of drug-likeness (QED) is 0.884. The van der Waals surface area contributed by atoms with E-state index in [0.29, 0.717) is 48.2 Å². The molecule has 0 spiro atoms. The second-order valence-electron chi connectivity index (χ2n) is 6.26. The highest BCUT2D eigenvalue weighted by molar-refractivity contribution is 5.81. The normalized spacial score (nSPS) is 22.6. The third-order valence-corrected chi connectivity index (χ3v) is 4.62. The standard InChI is InChI=1S/C16H17N5O2/c1-9-6-11(9)16(23)21-5-2-10-13(8-21)19-14(20-15(10)22)12-7-17-3-4-18-12/h3-4,7,9,11H,2,5-6,8H2,1H3,(H,19,20,22). The summed E-state index contributed by atoms with van der Waals surface area (Å²) in [7, 11) is 0. The third-order valence-electron chi connectivity index (χ3n) is 4.62. The minimum Gasteiger partial charge on any atom is -0.336 e. The van der Waals surface area contributed by atoms with Gasteiger partial charge in [0.25, 0.3) is 5.56 Å². The smallest absolute Gasteiger partial charge is 0.254 e. The molecule has 23 heavy (non-hydrogen) atoms. The summed E-state index contributed by atoms with van der Waals surface area (Å²) in [4.78, 5) is 42.0. The van der Waals surface area contributed by atoms with E-state index >= 15 is 0 Å². The monoisotopic (exact) mass is 311 g/mol. The molecule has 7 nitrogen and oxygen atoms in total. The van der Waals surface area contributed by atoms with Crippen molar-refractivity contribution in [3.8, 4) is 11.5 Å². The zero-order chi connectivity index (χ0) is 16.0. The molecule has 0 radical (unpaired) electrons. The summed E-state index contributed by atoms with van der Waals surface area (Å²) in [5.41, 5.74) is 1.71. The first-order valence-corrected chi connectivity index (χ1v) is 7.80. The second kappa shape index (κ2) is 5.26. The van der Waals surface area contributed by atoms with Gasteiger partial charge in [0.15, 0.2) is 5.82 Å². The summed E-state index contributed by atoms with van der Waals surface area (Å²) in [5.74, 6) is 1.21. The maximum absolute atomic E-state index is 12.4. The number of amides is 1. The van der Waals surface area contributed by atoms with Crippen LogP contribution in [0.25, 0.3) is 11.5 Å². The molecule has 2 aromatic rings. The summed E-state index contributed by atoms with van der Waals surface area (Å²) >= 11 is 0. The molecule has 0 bridgehead atoms. The van der Waals surface area contributed by atoms with Gasteiger partial charge in [-0.05, 0) is 18.8 Å². The molecule has 1 fully saturated rings. The molecule has 118 valence electrons. The number of fused-ring (bicyclic) bond motifs is 1. The van der Waals surface area contributed by atoms with E-state index in [-0.39, 0.29) is 17.4 Å². The van der Waals surface area contributed by atoms with Gasteiger partial charge in [0.2, 0.25) is 5.91 Å². The Morgan fingerprint density at radius 2 is 2.22 bits per heavy atom. The molecule has 1 aliphatic carbocycles. The molecular formula is C16H17N5O2. The van der Waals surface area contributed by atoms with Crippen molar-refractivity contribution in [2.45, 2.75) is 26.3 Å². The molecule has 0 aromatic carbocycles. The first-order chi connectivity index (χ1) is 11.1. The Balaban J connectivity index is 1.66. The van der Waals surface area contributed by atoms with Crippen molar-refractivity contribution < 1.29 is 4.79 Å². The second-order valence-corrected chi connectivity index (χ2v) is 6.26. The van der Waals surface area contributed by atoms with Crippen molar-refractivity contribution in [3.63, 3.8) is 0 Å². The molecule has 1 N–H and O–H groups in total. The van der Waals surface area contributed by atoms with E-state index in [0.717, 1.165) is 6.42 Å². The lowest BCUT2D eigenvalue weighted by atomic mass is 10.1. The van der Waals surface area contributed by atoms with Crippen LogP contribution < -0.4 is 5.56 Å². The molecule has 1 saturated carbocycles. The Morgan fingerprint density at radius 1 is 1.39 bits per heavy atom. The molecule has 2 unspecified atom stereocenters. The summed E-state index contributed by atoms with van der Waals surface area (Å²) in [5, 5.41) is 0. The number of aromatic nitrogens is 4. The van der Waals surface area contributed by atoms with Crippen LogP contribution in [-0.2, 0) is 17.8 Å². The fourth-order valence-electron chi connectivity index (χ4n) is 3.07. The van der Waals surface area contributed by atoms with Gasteiger partial charge in [-0.15, -0.1) is 0 Å². The Labute approximate surface area is 132 Å². The molecule has 7 heteroatoms. The average Bonchev–Trinajstić information content (AvgIpc) is 3.31. The minimum absolute atomic E-state index is 0.150. The summed E-state index contributed by atoms with van der Waals surface area (Å²) < 4.78 is 0. The number of aromatic amines is 1. The van der Waals surface area contributed by atoms with Crippen molar-refractivity contribution in [3.05, 3.63) is 40.2 Å². The van der Waals surface area contributed by atoms with Crippen LogP contribution in [0.3, 0.4) is 0 Å². The van der Waals surface area contributed by atoms with Gasteiger partial charge >= 0.3 is 0 Å². The molecule has 2 aromatic heterocycles. The molecule has 2 aliphatic rings. The maximum atomic E-state index is 12.4. The fraction of sp³-hybridized carbons (Fsp3) is 0.438. The van der Waals surface area contributed by atoms with Gasteiger partial charge in [-0.25, -0.2) is 9.97 Å². The predicted octanol–water partition coefficient (Wildman–Crippen LogP) is 0.768. The van der Waals surface area contributed by atoms with Gasteiger partial charge in [-0.1, -0.05) is 6.92 Å². The average molecular weight is 311 g/mol. The van der Waals surface area contributed by atoms with Crippen LogP contribution in [-0.4, -0.2) is 37.3 Å². The zero-order valence-corrected chi connectivity index (χ0v) is 12.8. The highest BCUT2D eigenvalue weighted by atomic mass is 16.2. The number of carbonyl (C=O) groups excluding carboxylic acids is 1. The Hall–Kier alpha value is -2.57. The molecule has 2 atom stereocenters. The third kappa shape index (κ3) is 2.52. The Kier molecular flexibility index (Phi) is 3.21. The Bertz CT molecular complexity index is 817. The minimum atomic E-state index is -0.150. The van der Waals surface area contributed by atoms with E-state index in [1.165, 1.54) is 0 Å². The van der Waals surface area contributed by atoms with E-state index in [1.54, 1.807) is 18.6 Å². The van der Waals surface area contributed by atoms with Gasteiger partial charge in [0.1, 0.15) is 5.69 Å².